The highest BCUT2D eigenvalue weighted by atomic mass is 19.1. The summed E-state index contributed by atoms with van der Waals surface area (Å²) in [6.45, 7) is -0.0719. The maximum absolute atomic E-state index is 13.6. The van der Waals surface area contributed by atoms with Crippen molar-refractivity contribution >= 4 is 16.6 Å². The van der Waals surface area contributed by atoms with Crippen LogP contribution in [0.3, 0.4) is 0 Å². The van der Waals surface area contributed by atoms with E-state index in [0.717, 1.165) is 23.6 Å². The molecule has 0 unspecified atom stereocenters. The molecule has 0 bridgehead atoms. The Hall–Kier alpha value is -2.69. The minimum atomic E-state index is -0.505. The van der Waals surface area contributed by atoms with Gasteiger partial charge in [0, 0.05) is 17.1 Å². The number of hydrogen-bond acceptors (Lipinski definition) is 3. The molecule has 0 aliphatic heterocycles. The number of fused-ring (bicyclic) bond motifs is 1. The summed E-state index contributed by atoms with van der Waals surface area (Å²) in [4.78, 5) is 4.19. The molecule has 2 N–H and O–H groups in total. The second kappa shape index (κ2) is 5.36. The Morgan fingerprint density at radius 2 is 1.95 bits per heavy atom. The molecule has 0 saturated carbocycles. The van der Waals surface area contributed by atoms with Crippen molar-refractivity contribution in [1.82, 2.24) is 4.98 Å². The monoisotopic (exact) mass is 286 g/mol. The average Bonchev–Trinajstić information content (AvgIpc) is 2.50. The minimum Gasteiger partial charge on any atom is -0.488 e. The van der Waals surface area contributed by atoms with Gasteiger partial charge in [-0.05, 0) is 42.5 Å². The maximum atomic E-state index is 13.6. The summed E-state index contributed by atoms with van der Waals surface area (Å²) < 4.78 is 32.3. The Morgan fingerprint density at radius 3 is 2.81 bits per heavy atom. The highest BCUT2D eigenvalue weighted by Crippen LogP contribution is 2.29. The highest BCUT2D eigenvalue weighted by molar-refractivity contribution is 5.93. The molecule has 0 atom stereocenters. The van der Waals surface area contributed by atoms with Crippen LogP contribution in [0, 0.1) is 11.6 Å². The van der Waals surface area contributed by atoms with Crippen LogP contribution in [0.2, 0.25) is 0 Å². The number of hydrogen-bond donors (Lipinski definition) is 1. The van der Waals surface area contributed by atoms with Crippen LogP contribution < -0.4 is 10.5 Å². The number of pyridine rings is 1. The molecule has 3 rings (SSSR count). The molecule has 1 heterocycles. The van der Waals surface area contributed by atoms with Crippen LogP contribution in [-0.4, -0.2) is 4.98 Å². The van der Waals surface area contributed by atoms with Crippen LogP contribution in [0.25, 0.3) is 10.9 Å². The number of ether oxygens (including phenoxy) is 1. The van der Waals surface area contributed by atoms with Crippen molar-refractivity contribution in [3.05, 3.63) is 65.9 Å². The molecule has 0 aliphatic carbocycles. The molecule has 5 heteroatoms. The maximum Gasteiger partial charge on any atom is 0.130 e. The Balaban J connectivity index is 1.92. The van der Waals surface area contributed by atoms with Crippen LogP contribution in [0.1, 0.15) is 5.56 Å². The molecule has 1 aromatic heterocycles. The van der Waals surface area contributed by atoms with Crippen LogP contribution >= 0.6 is 0 Å². The molecule has 106 valence electrons. The van der Waals surface area contributed by atoms with Gasteiger partial charge in [0.25, 0.3) is 0 Å². The fraction of sp³-hybridized carbons (Fsp3) is 0.0625. The Labute approximate surface area is 120 Å². The Morgan fingerprint density at radius 1 is 1.10 bits per heavy atom. The molecule has 0 amide bonds. The fourth-order valence-electron chi connectivity index (χ4n) is 2.10. The smallest absolute Gasteiger partial charge is 0.130 e. The van der Waals surface area contributed by atoms with Crippen LogP contribution in [-0.2, 0) is 6.61 Å². The molecule has 0 fully saturated rings. The first-order valence-corrected chi connectivity index (χ1v) is 6.35. The van der Waals surface area contributed by atoms with Gasteiger partial charge in [0.1, 0.15) is 24.0 Å². The number of halogens is 2. The number of anilines is 1. The van der Waals surface area contributed by atoms with E-state index in [1.807, 2.05) is 6.07 Å². The third kappa shape index (κ3) is 2.63. The van der Waals surface area contributed by atoms with Gasteiger partial charge < -0.3 is 10.5 Å². The second-order valence-corrected chi connectivity index (χ2v) is 4.58. The van der Waals surface area contributed by atoms with Gasteiger partial charge in [0.2, 0.25) is 0 Å². The summed E-state index contributed by atoms with van der Waals surface area (Å²) in [5.41, 5.74) is 7.16. The second-order valence-electron chi connectivity index (χ2n) is 4.58. The van der Waals surface area contributed by atoms with Crippen molar-refractivity contribution in [2.24, 2.45) is 0 Å². The van der Waals surface area contributed by atoms with Gasteiger partial charge in [-0.2, -0.15) is 0 Å². The number of nitrogens with two attached hydrogens (primary N) is 1. The van der Waals surface area contributed by atoms with Crippen molar-refractivity contribution in [2.45, 2.75) is 6.61 Å². The van der Waals surface area contributed by atoms with Crippen molar-refractivity contribution in [2.75, 3.05) is 5.73 Å². The first kappa shape index (κ1) is 13.3. The lowest BCUT2D eigenvalue weighted by atomic mass is 10.1. The molecule has 3 aromatic rings. The summed E-state index contributed by atoms with van der Waals surface area (Å²) >= 11 is 0. The third-order valence-electron chi connectivity index (χ3n) is 3.15. The molecule has 0 spiro atoms. The fourth-order valence-corrected chi connectivity index (χ4v) is 2.10. The van der Waals surface area contributed by atoms with Crippen molar-refractivity contribution in [3.63, 3.8) is 0 Å². The van der Waals surface area contributed by atoms with Gasteiger partial charge in [-0.25, -0.2) is 8.78 Å². The zero-order valence-electron chi connectivity index (χ0n) is 11.0. The van der Waals surface area contributed by atoms with Crippen LogP contribution in [0.5, 0.6) is 5.75 Å². The van der Waals surface area contributed by atoms with Crippen molar-refractivity contribution < 1.29 is 13.5 Å². The standard InChI is InChI=1S/C16H12F2N2O/c17-11-3-4-13(18)10(8-11)9-21-15-6-5-14(19)16-12(15)2-1-7-20-16/h1-8H,9,19H2. The van der Waals surface area contributed by atoms with E-state index in [-0.39, 0.29) is 12.2 Å². The van der Waals surface area contributed by atoms with E-state index in [1.54, 1.807) is 24.4 Å². The number of nitrogen functional groups attached to an aromatic ring is 1. The number of benzene rings is 2. The normalized spacial score (nSPS) is 10.8. The lowest BCUT2D eigenvalue weighted by Gasteiger charge is -2.11. The van der Waals surface area contributed by atoms with E-state index in [2.05, 4.69) is 4.98 Å². The molecule has 0 aliphatic rings. The summed E-state index contributed by atoms with van der Waals surface area (Å²) in [5, 5.41) is 0.731. The summed E-state index contributed by atoms with van der Waals surface area (Å²) in [5.74, 6) is -0.482. The van der Waals surface area contributed by atoms with Crippen molar-refractivity contribution in [1.29, 1.82) is 0 Å². The van der Waals surface area contributed by atoms with E-state index >= 15 is 0 Å². The van der Waals surface area contributed by atoms with Gasteiger partial charge in [0.15, 0.2) is 0 Å². The van der Waals surface area contributed by atoms with Gasteiger partial charge in [0.05, 0.1) is 11.2 Å². The molecular formula is C16H12F2N2O. The Bertz CT molecular complexity index is 805. The molecule has 2 aromatic carbocycles. The number of nitrogens with zero attached hydrogens (tertiary/aromatic N) is 1. The number of aromatic nitrogens is 1. The first-order valence-electron chi connectivity index (χ1n) is 6.35. The topological polar surface area (TPSA) is 48.1 Å². The highest BCUT2D eigenvalue weighted by Gasteiger charge is 2.08. The third-order valence-corrected chi connectivity index (χ3v) is 3.15. The minimum absolute atomic E-state index is 0.0719. The van der Waals surface area contributed by atoms with Gasteiger partial charge in [-0.1, -0.05) is 0 Å². The number of rotatable bonds is 3. The molecule has 21 heavy (non-hydrogen) atoms. The van der Waals surface area contributed by atoms with Gasteiger partial charge in [-0.3, -0.25) is 4.98 Å². The van der Waals surface area contributed by atoms with Crippen LogP contribution in [0.4, 0.5) is 14.5 Å². The van der Waals surface area contributed by atoms with E-state index in [9.17, 15) is 8.78 Å². The largest absolute Gasteiger partial charge is 0.488 e. The van der Waals surface area contributed by atoms with E-state index < -0.39 is 11.6 Å². The lowest BCUT2D eigenvalue weighted by molar-refractivity contribution is 0.302. The predicted octanol–water partition coefficient (Wildman–Crippen LogP) is 3.67. The summed E-state index contributed by atoms with van der Waals surface area (Å²) in [6, 6.07) is 10.2. The quantitative estimate of drug-likeness (QED) is 0.747. The molecule has 3 nitrogen and oxygen atoms in total. The summed E-state index contributed by atoms with van der Waals surface area (Å²) in [6.07, 6.45) is 1.63. The zero-order valence-corrected chi connectivity index (χ0v) is 11.0. The van der Waals surface area contributed by atoms with E-state index in [4.69, 9.17) is 10.5 Å². The Kier molecular flexibility index (Phi) is 3.39. The SMILES string of the molecule is Nc1ccc(OCc2cc(F)ccc2F)c2cccnc12. The zero-order chi connectivity index (χ0) is 14.8. The predicted molar refractivity (Wildman–Crippen MR) is 76.8 cm³/mol. The molecule has 0 saturated heterocycles. The van der Waals surface area contributed by atoms with Crippen LogP contribution in [0.15, 0.2) is 48.7 Å². The summed E-state index contributed by atoms with van der Waals surface area (Å²) in [7, 11) is 0. The lowest BCUT2D eigenvalue weighted by Crippen LogP contribution is -2.00. The molecule has 0 radical (unpaired) electrons. The van der Waals surface area contributed by atoms with E-state index in [0.29, 0.717) is 17.0 Å². The van der Waals surface area contributed by atoms with Gasteiger partial charge >= 0.3 is 0 Å². The van der Waals surface area contributed by atoms with Gasteiger partial charge in [-0.15, -0.1) is 0 Å². The van der Waals surface area contributed by atoms with E-state index in [1.165, 1.54) is 0 Å². The van der Waals surface area contributed by atoms with Crippen molar-refractivity contribution in [3.8, 4) is 5.75 Å². The average molecular weight is 286 g/mol. The first-order chi connectivity index (χ1) is 10.1. The molecular weight excluding hydrogens is 274 g/mol.